The van der Waals surface area contributed by atoms with E-state index in [0.717, 1.165) is 33.8 Å². The Morgan fingerprint density at radius 3 is 1.93 bits per heavy atom. The highest BCUT2D eigenvalue weighted by Crippen LogP contribution is 2.28. The normalized spacial score (nSPS) is 10.9. The van der Waals surface area contributed by atoms with E-state index in [2.05, 4.69) is 30.6 Å². The molecule has 0 aliphatic carbocycles. The van der Waals surface area contributed by atoms with Crippen LogP contribution in [0.4, 0.5) is 11.6 Å². The number of benzene rings is 3. The van der Waals surface area contributed by atoms with Gasteiger partial charge in [0.1, 0.15) is 11.4 Å². The monoisotopic (exact) mass is 394 g/mol. The number of hydrazone groups is 1. The molecule has 0 radical (unpaired) electrons. The van der Waals surface area contributed by atoms with Crippen LogP contribution in [0, 0.1) is 0 Å². The van der Waals surface area contributed by atoms with E-state index in [1.807, 2.05) is 99.0 Å². The van der Waals surface area contributed by atoms with Crippen LogP contribution in [-0.2, 0) is 0 Å². The number of rotatable bonds is 6. The smallest absolute Gasteiger partial charge is 0.263 e. The van der Waals surface area contributed by atoms with Crippen LogP contribution < -0.4 is 10.3 Å². The van der Waals surface area contributed by atoms with E-state index in [-0.39, 0.29) is 0 Å². The SMILES string of the molecule is CN(C)c1ccc(/C=N\Nc2nnc(-c3ccccc3)c(-c3ccccc3)n2)cc1. The summed E-state index contributed by atoms with van der Waals surface area (Å²) in [5, 5.41) is 12.9. The molecule has 3 aromatic carbocycles. The van der Waals surface area contributed by atoms with Gasteiger partial charge in [0.25, 0.3) is 5.95 Å². The summed E-state index contributed by atoms with van der Waals surface area (Å²) < 4.78 is 0. The Labute approximate surface area is 176 Å². The summed E-state index contributed by atoms with van der Waals surface area (Å²) in [6.45, 7) is 0. The predicted octanol–water partition coefficient (Wildman–Crippen LogP) is 4.72. The fraction of sp³-hybridized carbons (Fsp3) is 0.0833. The van der Waals surface area contributed by atoms with Crippen LogP contribution in [0.25, 0.3) is 22.5 Å². The molecule has 1 heterocycles. The lowest BCUT2D eigenvalue weighted by molar-refractivity contribution is 0.973. The van der Waals surface area contributed by atoms with Crippen LogP contribution >= 0.6 is 0 Å². The first-order chi connectivity index (χ1) is 14.7. The number of hydrogen-bond acceptors (Lipinski definition) is 6. The van der Waals surface area contributed by atoms with Gasteiger partial charge in [-0.1, -0.05) is 72.8 Å². The molecule has 1 N–H and O–H groups in total. The Bertz CT molecular complexity index is 1120. The number of anilines is 2. The average molecular weight is 394 g/mol. The number of nitrogens with zero attached hydrogens (tertiary/aromatic N) is 5. The summed E-state index contributed by atoms with van der Waals surface area (Å²) in [5.74, 6) is 0.342. The van der Waals surface area contributed by atoms with E-state index in [1.165, 1.54) is 0 Å². The molecule has 0 fully saturated rings. The van der Waals surface area contributed by atoms with E-state index in [4.69, 9.17) is 0 Å². The minimum atomic E-state index is 0.342. The maximum Gasteiger partial charge on any atom is 0.263 e. The van der Waals surface area contributed by atoms with Crippen molar-refractivity contribution in [3.63, 3.8) is 0 Å². The van der Waals surface area contributed by atoms with Gasteiger partial charge in [-0.3, -0.25) is 0 Å². The van der Waals surface area contributed by atoms with Crippen LogP contribution in [0.5, 0.6) is 0 Å². The Kier molecular flexibility index (Phi) is 5.75. The van der Waals surface area contributed by atoms with Crippen molar-refractivity contribution in [2.45, 2.75) is 0 Å². The fourth-order valence-electron chi connectivity index (χ4n) is 2.98. The van der Waals surface area contributed by atoms with Crippen molar-refractivity contribution in [3.05, 3.63) is 90.5 Å². The second-order valence-corrected chi connectivity index (χ2v) is 6.92. The summed E-state index contributed by atoms with van der Waals surface area (Å²) in [5.41, 5.74) is 8.43. The molecule has 0 bridgehead atoms. The Morgan fingerprint density at radius 2 is 1.33 bits per heavy atom. The third-order valence-corrected chi connectivity index (χ3v) is 4.57. The molecule has 0 saturated carbocycles. The summed E-state index contributed by atoms with van der Waals surface area (Å²) in [7, 11) is 4.02. The van der Waals surface area contributed by atoms with E-state index >= 15 is 0 Å². The molecule has 1 aromatic heterocycles. The molecule has 6 heteroatoms. The molecular formula is C24H22N6. The van der Waals surface area contributed by atoms with Gasteiger partial charge < -0.3 is 4.90 Å². The van der Waals surface area contributed by atoms with Gasteiger partial charge in [0.05, 0.1) is 6.21 Å². The van der Waals surface area contributed by atoms with Crippen molar-refractivity contribution in [3.8, 4) is 22.5 Å². The highest BCUT2D eigenvalue weighted by molar-refractivity contribution is 5.81. The van der Waals surface area contributed by atoms with E-state index in [1.54, 1.807) is 6.21 Å². The zero-order valence-electron chi connectivity index (χ0n) is 16.9. The molecule has 30 heavy (non-hydrogen) atoms. The Morgan fingerprint density at radius 1 is 0.733 bits per heavy atom. The van der Waals surface area contributed by atoms with Crippen LogP contribution in [-0.4, -0.2) is 35.5 Å². The van der Waals surface area contributed by atoms with E-state index in [0.29, 0.717) is 5.95 Å². The standard InChI is InChI=1S/C24H22N6/c1-30(2)21-15-13-18(14-16-21)17-25-28-24-26-22(19-9-5-3-6-10-19)23(27-29-24)20-11-7-4-8-12-20/h3-17H,1-2H3,(H,26,28,29)/b25-17-. The Hall–Kier alpha value is -4.06. The highest BCUT2D eigenvalue weighted by Gasteiger charge is 2.13. The second-order valence-electron chi connectivity index (χ2n) is 6.92. The minimum absolute atomic E-state index is 0.342. The lowest BCUT2D eigenvalue weighted by Gasteiger charge is -2.11. The quantitative estimate of drug-likeness (QED) is 0.379. The van der Waals surface area contributed by atoms with Crippen molar-refractivity contribution in [2.24, 2.45) is 5.10 Å². The lowest BCUT2D eigenvalue weighted by atomic mass is 10.0. The fourth-order valence-corrected chi connectivity index (χ4v) is 2.98. The zero-order chi connectivity index (χ0) is 20.8. The first-order valence-electron chi connectivity index (χ1n) is 9.63. The van der Waals surface area contributed by atoms with Gasteiger partial charge in [-0.05, 0) is 17.7 Å². The lowest BCUT2D eigenvalue weighted by Crippen LogP contribution is -2.08. The number of aromatic nitrogens is 3. The van der Waals surface area contributed by atoms with Gasteiger partial charge in [-0.15, -0.1) is 10.2 Å². The van der Waals surface area contributed by atoms with Crippen LogP contribution in [0.1, 0.15) is 5.56 Å². The molecule has 148 valence electrons. The Balaban J connectivity index is 1.60. The molecule has 4 rings (SSSR count). The predicted molar refractivity (Wildman–Crippen MR) is 123 cm³/mol. The number of hydrogen-bond donors (Lipinski definition) is 1. The first-order valence-corrected chi connectivity index (χ1v) is 9.63. The third-order valence-electron chi connectivity index (χ3n) is 4.57. The van der Waals surface area contributed by atoms with Gasteiger partial charge in [-0.25, -0.2) is 10.4 Å². The molecule has 0 aliphatic heterocycles. The molecular weight excluding hydrogens is 372 g/mol. The van der Waals surface area contributed by atoms with E-state index < -0.39 is 0 Å². The van der Waals surface area contributed by atoms with Crippen molar-refractivity contribution in [1.29, 1.82) is 0 Å². The molecule has 0 unspecified atom stereocenters. The van der Waals surface area contributed by atoms with Crippen molar-refractivity contribution < 1.29 is 0 Å². The summed E-state index contributed by atoms with van der Waals surface area (Å²) in [6.07, 6.45) is 1.73. The molecule has 4 aromatic rings. The van der Waals surface area contributed by atoms with Crippen LogP contribution in [0.2, 0.25) is 0 Å². The maximum absolute atomic E-state index is 4.68. The van der Waals surface area contributed by atoms with Gasteiger partial charge >= 0.3 is 0 Å². The molecule has 0 aliphatic rings. The third kappa shape index (κ3) is 4.50. The molecule has 0 amide bonds. The van der Waals surface area contributed by atoms with Gasteiger partial charge in [-0.2, -0.15) is 5.10 Å². The van der Waals surface area contributed by atoms with Crippen LogP contribution in [0.3, 0.4) is 0 Å². The van der Waals surface area contributed by atoms with Gasteiger partial charge in [0.2, 0.25) is 0 Å². The largest absolute Gasteiger partial charge is 0.378 e. The van der Waals surface area contributed by atoms with Gasteiger partial charge in [0.15, 0.2) is 0 Å². The minimum Gasteiger partial charge on any atom is -0.378 e. The second kappa shape index (κ2) is 8.96. The summed E-state index contributed by atoms with van der Waals surface area (Å²) >= 11 is 0. The average Bonchev–Trinajstić information content (AvgIpc) is 2.80. The van der Waals surface area contributed by atoms with Gasteiger partial charge in [0, 0.05) is 30.9 Å². The highest BCUT2D eigenvalue weighted by atomic mass is 15.4. The van der Waals surface area contributed by atoms with Crippen molar-refractivity contribution in [2.75, 3.05) is 24.4 Å². The molecule has 0 atom stereocenters. The number of nitrogens with one attached hydrogen (secondary N) is 1. The van der Waals surface area contributed by atoms with E-state index in [9.17, 15) is 0 Å². The van der Waals surface area contributed by atoms with Crippen LogP contribution in [0.15, 0.2) is 90.0 Å². The summed E-state index contributed by atoms with van der Waals surface area (Å²) in [6, 6.07) is 28.0. The molecule has 0 spiro atoms. The first kappa shape index (κ1) is 19.3. The van der Waals surface area contributed by atoms with Crippen molar-refractivity contribution >= 4 is 17.9 Å². The molecule has 6 nitrogen and oxygen atoms in total. The molecule has 0 saturated heterocycles. The summed E-state index contributed by atoms with van der Waals surface area (Å²) in [4.78, 5) is 6.74. The zero-order valence-corrected chi connectivity index (χ0v) is 16.9. The van der Waals surface area contributed by atoms with Crippen molar-refractivity contribution in [1.82, 2.24) is 15.2 Å². The topological polar surface area (TPSA) is 66.3 Å². The maximum atomic E-state index is 4.68.